The molecule has 4 heteroatoms. The molecule has 0 aliphatic carbocycles. The molecule has 0 unspecified atom stereocenters. The fraction of sp³-hybridized carbons (Fsp3) is 0.682. The Balaban J connectivity index is 3.03. The van der Waals surface area contributed by atoms with E-state index in [1.807, 2.05) is 6.07 Å². The average molecular weight is 468 g/mol. The quantitative estimate of drug-likeness (QED) is 0.318. The standard InChI is InChI=1S/C10H12NO2.3C4H9.Sn/c11-10(12)13-8-4-7-9-5-2-1-3-6-9;3*1-3-4-2;/h1-3,5-6,8H,4,7H2,(H2,11,12);3*1,3-4H2,2H3;. The van der Waals surface area contributed by atoms with Crippen LogP contribution in [0.2, 0.25) is 13.3 Å². The van der Waals surface area contributed by atoms with Crippen LogP contribution in [0.25, 0.3) is 0 Å². The molecular weight excluding hydrogens is 429 g/mol. The van der Waals surface area contributed by atoms with Crippen LogP contribution in [-0.2, 0) is 11.2 Å². The Kier molecular flexibility index (Phi) is 12.1. The van der Waals surface area contributed by atoms with Gasteiger partial charge in [0, 0.05) is 0 Å². The van der Waals surface area contributed by atoms with Gasteiger partial charge in [-0.15, -0.1) is 0 Å². The number of aryl methyl sites for hydroxylation is 1. The molecule has 2 N–H and O–H groups in total. The second-order valence-corrected chi connectivity index (χ2v) is 21.5. The fourth-order valence-electron chi connectivity index (χ4n) is 4.02. The van der Waals surface area contributed by atoms with Gasteiger partial charge in [0.15, 0.2) is 0 Å². The molecule has 26 heavy (non-hydrogen) atoms. The molecule has 3 nitrogen and oxygen atoms in total. The first-order valence-corrected chi connectivity index (χ1v) is 18.3. The second kappa shape index (κ2) is 13.5. The topological polar surface area (TPSA) is 52.3 Å². The molecule has 1 rings (SSSR count). The molecule has 0 radical (unpaired) electrons. The Bertz CT molecular complexity index is 470. The molecule has 0 heterocycles. The molecule has 148 valence electrons. The summed E-state index contributed by atoms with van der Waals surface area (Å²) in [6, 6.07) is 10.6. The molecular formula is C22H39NO2Sn. The van der Waals surface area contributed by atoms with Crippen LogP contribution in [0.3, 0.4) is 0 Å². The predicted octanol–water partition coefficient (Wildman–Crippen LogP) is 6.47. The Morgan fingerprint density at radius 2 is 1.46 bits per heavy atom. The number of nitrogens with two attached hydrogens (primary N) is 1. The van der Waals surface area contributed by atoms with Gasteiger partial charge in [-0.25, -0.2) is 0 Å². The minimum atomic E-state index is -2.64. The fourth-order valence-corrected chi connectivity index (χ4v) is 21.2. The summed E-state index contributed by atoms with van der Waals surface area (Å²) in [5.41, 5.74) is 6.84. The van der Waals surface area contributed by atoms with Crippen LogP contribution in [0.15, 0.2) is 30.3 Å². The van der Waals surface area contributed by atoms with Crippen molar-refractivity contribution in [3.05, 3.63) is 35.9 Å². The van der Waals surface area contributed by atoms with Crippen LogP contribution < -0.4 is 5.73 Å². The monoisotopic (exact) mass is 469 g/mol. The molecule has 1 aromatic rings. The van der Waals surface area contributed by atoms with Gasteiger partial charge >= 0.3 is 165 Å². The van der Waals surface area contributed by atoms with E-state index in [4.69, 9.17) is 10.5 Å². The molecule has 0 aromatic heterocycles. The Hall–Kier alpha value is -0.711. The summed E-state index contributed by atoms with van der Waals surface area (Å²) in [5, 5.41) is 0. The molecule has 0 saturated carbocycles. The Labute approximate surface area is 165 Å². The van der Waals surface area contributed by atoms with Crippen LogP contribution in [0.5, 0.6) is 0 Å². The summed E-state index contributed by atoms with van der Waals surface area (Å²) >= 11 is -2.64. The maximum absolute atomic E-state index is 11.7. The summed E-state index contributed by atoms with van der Waals surface area (Å²) < 4.78 is 9.97. The molecule has 1 amide bonds. The number of ether oxygens (including phenoxy) is 1. The van der Waals surface area contributed by atoms with E-state index in [9.17, 15) is 4.79 Å². The third-order valence-corrected chi connectivity index (χ3v) is 22.2. The molecule has 0 bridgehead atoms. The van der Waals surface area contributed by atoms with Gasteiger partial charge in [0.05, 0.1) is 0 Å². The van der Waals surface area contributed by atoms with Gasteiger partial charge in [-0.3, -0.25) is 0 Å². The van der Waals surface area contributed by atoms with E-state index in [1.165, 1.54) is 57.4 Å². The zero-order valence-corrected chi connectivity index (χ0v) is 20.0. The van der Waals surface area contributed by atoms with Crippen LogP contribution in [0.1, 0.15) is 71.3 Å². The zero-order valence-electron chi connectivity index (χ0n) is 17.1. The van der Waals surface area contributed by atoms with Gasteiger partial charge in [0.25, 0.3) is 0 Å². The molecule has 0 fully saturated rings. The van der Waals surface area contributed by atoms with E-state index in [-0.39, 0.29) is 4.12 Å². The number of benzene rings is 1. The average Bonchev–Trinajstić information content (AvgIpc) is 2.65. The Morgan fingerprint density at radius 3 is 1.88 bits per heavy atom. The maximum atomic E-state index is 11.7. The summed E-state index contributed by atoms with van der Waals surface area (Å²) in [4.78, 5) is 11.7. The van der Waals surface area contributed by atoms with Crippen molar-refractivity contribution in [1.29, 1.82) is 0 Å². The van der Waals surface area contributed by atoms with Crippen molar-refractivity contribution in [3.63, 3.8) is 0 Å². The third-order valence-electron chi connectivity index (χ3n) is 5.56. The van der Waals surface area contributed by atoms with Crippen molar-refractivity contribution in [2.45, 2.75) is 89.6 Å². The first kappa shape index (κ1) is 23.3. The summed E-state index contributed by atoms with van der Waals surface area (Å²) in [7, 11) is 0. The number of unbranched alkanes of at least 4 members (excludes halogenated alkanes) is 3. The van der Waals surface area contributed by atoms with Crippen molar-refractivity contribution in [2.24, 2.45) is 5.73 Å². The van der Waals surface area contributed by atoms with E-state index in [0.717, 1.165) is 12.8 Å². The van der Waals surface area contributed by atoms with Crippen molar-refractivity contribution in [1.82, 2.24) is 0 Å². The number of hydrogen-bond acceptors (Lipinski definition) is 2. The molecule has 1 aromatic carbocycles. The van der Waals surface area contributed by atoms with Gasteiger partial charge in [0.2, 0.25) is 0 Å². The molecule has 0 spiro atoms. The normalized spacial score (nSPS) is 12.7. The predicted molar refractivity (Wildman–Crippen MR) is 114 cm³/mol. The van der Waals surface area contributed by atoms with Crippen LogP contribution >= 0.6 is 0 Å². The molecule has 0 saturated heterocycles. The minimum absolute atomic E-state index is 0.117. The first-order chi connectivity index (χ1) is 12.6. The van der Waals surface area contributed by atoms with Crippen LogP contribution in [0, 0.1) is 0 Å². The van der Waals surface area contributed by atoms with Crippen molar-refractivity contribution >= 4 is 24.5 Å². The molecule has 1 atom stereocenters. The molecule has 0 aliphatic heterocycles. The number of amides is 1. The summed E-state index contributed by atoms with van der Waals surface area (Å²) in [5.74, 6) is 0. The van der Waals surface area contributed by atoms with Gasteiger partial charge in [-0.05, 0) is 0 Å². The number of carbonyl (C=O) groups is 1. The number of carbonyl (C=O) groups excluding carboxylic acids is 1. The van der Waals surface area contributed by atoms with Crippen molar-refractivity contribution in [2.75, 3.05) is 0 Å². The van der Waals surface area contributed by atoms with Gasteiger partial charge in [0.1, 0.15) is 0 Å². The summed E-state index contributed by atoms with van der Waals surface area (Å²) in [6.07, 6.45) is 8.82. The van der Waals surface area contributed by atoms with E-state index in [2.05, 4.69) is 45.0 Å². The molecule has 0 aliphatic rings. The second-order valence-electron chi connectivity index (χ2n) is 7.62. The van der Waals surface area contributed by atoms with Crippen molar-refractivity contribution < 1.29 is 9.53 Å². The summed E-state index contributed by atoms with van der Waals surface area (Å²) in [6.45, 7) is 6.80. The van der Waals surface area contributed by atoms with Crippen LogP contribution in [0.4, 0.5) is 4.79 Å². The zero-order chi connectivity index (χ0) is 19.3. The van der Waals surface area contributed by atoms with E-state index >= 15 is 0 Å². The Morgan fingerprint density at radius 1 is 0.962 bits per heavy atom. The number of primary amides is 1. The van der Waals surface area contributed by atoms with E-state index in [1.54, 1.807) is 0 Å². The SMILES string of the molecule is CCC[CH2][Sn]([CH2]CCC)([CH2]CCC)[C@H](CCc1ccccc1)OC(N)=O. The third kappa shape index (κ3) is 8.32. The van der Waals surface area contributed by atoms with Gasteiger partial charge in [-0.2, -0.15) is 0 Å². The van der Waals surface area contributed by atoms with Crippen molar-refractivity contribution in [3.8, 4) is 0 Å². The number of rotatable bonds is 14. The van der Waals surface area contributed by atoms with Crippen LogP contribution in [-0.4, -0.2) is 28.6 Å². The van der Waals surface area contributed by atoms with E-state index in [0.29, 0.717) is 0 Å². The first-order valence-electron chi connectivity index (χ1n) is 10.6. The number of hydrogen-bond donors (Lipinski definition) is 1. The van der Waals surface area contributed by atoms with Gasteiger partial charge < -0.3 is 0 Å². The van der Waals surface area contributed by atoms with Gasteiger partial charge in [-0.1, -0.05) is 0 Å². The van der Waals surface area contributed by atoms with E-state index < -0.39 is 24.5 Å².